The second-order valence-electron chi connectivity index (χ2n) is 3.87. The van der Waals surface area contributed by atoms with Crippen LogP contribution in [0.1, 0.15) is 19.4 Å². The summed E-state index contributed by atoms with van der Waals surface area (Å²) in [6.45, 7) is 12.3. The van der Waals surface area contributed by atoms with E-state index in [1.807, 2.05) is 6.92 Å². The summed E-state index contributed by atoms with van der Waals surface area (Å²) in [6.07, 6.45) is 1.66. The average Bonchev–Trinajstić information content (AvgIpc) is 2.29. The topological polar surface area (TPSA) is 38.5 Å². The fourth-order valence-electron chi connectivity index (χ4n) is 1.42. The molecule has 17 heavy (non-hydrogen) atoms. The highest BCUT2D eigenvalue weighted by atomic mass is 32.2. The Morgan fingerprint density at radius 3 is 2.29 bits per heavy atom. The van der Waals surface area contributed by atoms with Crippen molar-refractivity contribution < 1.29 is 8.42 Å². The highest BCUT2D eigenvalue weighted by Gasteiger charge is 2.33. The van der Waals surface area contributed by atoms with Crippen LogP contribution in [0.4, 0.5) is 0 Å². The molecule has 1 unspecified atom stereocenters. The Morgan fingerprint density at radius 2 is 1.88 bits per heavy atom. The Morgan fingerprint density at radius 1 is 1.35 bits per heavy atom. The Hall–Kier alpha value is -1.60. The van der Waals surface area contributed by atoms with Crippen LogP contribution in [0.25, 0.3) is 4.85 Å². The number of allylic oxidation sites excluding steroid dienone is 1. The Balaban J connectivity index is 3.29. The third-order valence-electron chi connectivity index (χ3n) is 2.61. The van der Waals surface area contributed by atoms with Crippen molar-refractivity contribution in [2.45, 2.75) is 31.0 Å². The van der Waals surface area contributed by atoms with Crippen LogP contribution in [-0.2, 0) is 9.84 Å². The molecule has 0 saturated heterocycles. The molecular formula is C13H15NO2S. The van der Waals surface area contributed by atoms with Crippen molar-refractivity contribution in [1.82, 2.24) is 0 Å². The number of sulfone groups is 1. The normalized spacial score (nSPS) is 14.1. The summed E-state index contributed by atoms with van der Waals surface area (Å²) in [7, 11) is -3.60. The van der Waals surface area contributed by atoms with E-state index in [2.05, 4.69) is 4.85 Å². The highest BCUT2D eigenvalue weighted by Crippen LogP contribution is 2.22. The van der Waals surface area contributed by atoms with Crippen molar-refractivity contribution in [3.05, 3.63) is 52.9 Å². The van der Waals surface area contributed by atoms with Crippen LogP contribution < -0.4 is 0 Å². The van der Waals surface area contributed by atoms with Crippen LogP contribution in [0.15, 0.2) is 40.8 Å². The van der Waals surface area contributed by atoms with Crippen molar-refractivity contribution >= 4 is 9.84 Å². The molecule has 0 N–H and O–H groups in total. The minimum Gasteiger partial charge on any atom is -0.291 e. The molecule has 0 saturated carbocycles. The van der Waals surface area contributed by atoms with Crippen molar-refractivity contribution in [1.29, 1.82) is 0 Å². The Bertz CT molecular complexity index is 562. The van der Waals surface area contributed by atoms with Gasteiger partial charge in [-0.05, 0) is 32.9 Å². The average molecular weight is 249 g/mol. The first-order valence-corrected chi connectivity index (χ1v) is 6.78. The maximum Gasteiger partial charge on any atom is 0.346 e. The van der Waals surface area contributed by atoms with E-state index < -0.39 is 15.2 Å². The molecule has 0 aliphatic carbocycles. The lowest BCUT2D eigenvalue weighted by Gasteiger charge is -2.07. The van der Waals surface area contributed by atoms with Gasteiger partial charge in [-0.25, -0.2) is 15.0 Å². The molecular weight excluding hydrogens is 234 g/mol. The molecule has 1 rings (SSSR count). The molecule has 0 bridgehead atoms. The molecule has 90 valence electrons. The van der Waals surface area contributed by atoms with Crippen LogP contribution in [0, 0.1) is 13.5 Å². The van der Waals surface area contributed by atoms with Gasteiger partial charge in [0.05, 0.1) is 4.90 Å². The second kappa shape index (κ2) is 5.15. The predicted molar refractivity (Wildman–Crippen MR) is 68.2 cm³/mol. The van der Waals surface area contributed by atoms with Gasteiger partial charge in [-0.3, -0.25) is 4.85 Å². The summed E-state index contributed by atoms with van der Waals surface area (Å²) in [5, 5.41) is -1.12. The van der Waals surface area contributed by atoms with Crippen LogP contribution in [0.2, 0.25) is 0 Å². The van der Waals surface area contributed by atoms with Gasteiger partial charge in [0.15, 0.2) is 0 Å². The first kappa shape index (κ1) is 13.5. The lowest BCUT2D eigenvalue weighted by atomic mass is 10.2. The SMILES string of the molecule is [C-]#[N+]C(C(C)=CC)S(=O)(=O)c1ccc(C)cc1. The summed E-state index contributed by atoms with van der Waals surface area (Å²) in [4.78, 5) is 3.42. The number of nitrogens with zero attached hydrogens (tertiary/aromatic N) is 1. The zero-order valence-electron chi connectivity index (χ0n) is 10.1. The molecule has 0 fully saturated rings. The summed E-state index contributed by atoms with van der Waals surface area (Å²) >= 11 is 0. The molecule has 1 aromatic rings. The van der Waals surface area contributed by atoms with E-state index in [1.54, 1.807) is 44.2 Å². The number of hydrogen-bond donors (Lipinski definition) is 0. The number of rotatable bonds is 3. The van der Waals surface area contributed by atoms with E-state index in [4.69, 9.17) is 6.57 Å². The number of aryl methyl sites for hydroxylation is 1. The van der Waals surface area contributed by atoms with Crippen LogP contribution >= 0.6 is 0 Å². The monoisotopic (exact) mass is 249 g/mol. The van der Waals surface area contributed by atoms with Gasteiger partial charge in [0, 0.05) is 5.57 Å². The number of benzene rings is 1. The molecule has 0 aliphatic heterocycles. The smallest absolute Gasteiger partial charge is 0.291 e. The van der Waals surface area contributed by atoms with Crippen molar-refractivity contribution in [2.24, 2.45) is 0 Å². The third-order valence-corrected chi connectivity index (χ3v) is 4.60. The van der Waals surface area contributed by atoms with Gasteiger partial charge in [-0.15, -0.1) is 0 Å². The molecule has 0 heterocycles. The largest absolute Gasteiger partial charge is 0.346 e. The van der Waals surface area contributed by atoms with E-state index in [-0.39, 0.29) is 4.90 Å². The quantitative estimate of drug-likeness (QED) is 0.610. The fourth-order valence-corrected chi connectivity index (χ4v) is 2.95. The first-order valence-electron chi connectivity index (χ1n) is 5.23. The first-order chi connectivity index (χ1) is 7.93. The molecule has 4 heteroatoms. The fraction of sp³-hybridized carbons (Fsp3) is 0.308. The summed E-state index contributed by atoms with van der Waals surface area (Å²) in [5.41, 5.74) is 1.55. The zero-order valence-corrected chi connectivity index (χ0v) is 11.0. The molecule has 0 aromatic heterocycles. The summed E-state index contributed by atoms with van der Waals surface area (Å²) in [6, 6.07) is 6.56. The van der Waals surface area contributed by atoms with E-state index in [0.717, 1.165) is 5.56 Å². The van der Waals surface area contributed by atoms with Crippen LogP contribution in [0.5, 0.6) is 0 Å². The van der Waals surface area contributed by atoms with Gasteiger partial charge in [0.25, 0.3) is 9.84 Å². The standard InChI is InChI=1S/C13H15NO2S/c1-5-11(3)13(14-4)17(15,16)12-8-6-10(2)7-9-12/h5-9,13H,1-3H3. The lowest BCUT2D eigenvalue weighted by Crippen LogP contribution is -2.19. The molecule has 3 nitrogen and oxygen atoms in total. The van der Waals surface area contributed by atoms with E-state index in [9.17, 15) is 8.42 Å². The maximum atomic E-state index is 12.2. The second-order valence-corrected chi connectivity index (χ2v) is 5.88. The Kier molecular flexibility index (Phi) is 4.08. The molecule has 1 atom stereocenters. The highest BCUT2D eigenvalue weighted by molar-refractivity contribution is 7.92. The molecule has 0 aliphatic rings. The van der Waals surface area contributed by atoms with Gasteiger partial charge in [0.1, 0.15) is 0 Å². The molecule has 0 amide bonds. The molecule has 1 aromatic carbocycles. The summed E-state index contributed by atoms with van der Waals surface area (Å²) < 4.78 is 24.4. The maximum absolute atomic E-state index is 12.2. The zero-order chi connectivity index (χ0) is 13.1. The minimum atomic E-state index is -3.60. The summed E-state index contributed by atoms with van der Waals surface area (Å²) in [5.74, 6) is 0. The lowest BCUT2D eigenvalue weighted by molar-refractivity contribution is 0.592. The predicted octanol–water partition coefficient (Wildman–Crippen LogP) is 2.98. The van der Waals surface area contributed by atoms with Gasteiger partial charge >= 0.3 is 5.37 Å². The molecule has 0 spiro atoms. The van der Waals surface area contributed by atoms with Crippen LogP contribution in [-0.4, -0.2) is 13.8 Å². The van der Waals surface area contributed by atoms with Crippen molar-refractivity contribution in [2.75, 3.05) is 0 Å². The third kappa shape index (κ3) is 2.75. The van der Waals surface area contributed by atoms with Gasteiger partial charge in [-0.1, -0.05) is 23.8 Å². The van der Waals surface area contributed by atoms with E-state index in [1.165, 1.54) is 0 Å². The van der Waals surface area contributed by atoms with Gasteiger partial charge in [0.2, 0.25) is 0 Å². The Labute approximate surface area is 103 Å². The van der Waals surface area contributed by atoms with E-state index >= 15 is 0 Å². The minimum absolute atomic E-state index is 0.199. The van der Waals surface area contributed by atoms with Crippen molar-refractivity contribution in [3.8, 4) is 0 Å². The number of hydrogen-bond acceptors (Lipinski definition) is 2. The van der Waals surface area contributed by atoms with Gasteiger partial charge in [-0.2, -0.15) is 0 Å². The van der Waals surface area contributed by atoms with Crippen molar-refractivity contribution in [3.63, 3.8) is 0 Å². The van der Waals surface area contributed by atoms with Gasteiger partial charge < -0.3 is 0 Å². The molecule has 0 radical (unpaired) electrons. The van der Waals surface area contributed by atoms with Crippen LogP contribution in [0.3, 0.4) is 0 Å². The van der Waals surface area contributed by atoms with E-state index in [0.29, 0.717) is 5.57 Å².